The highest BCUT2D eigenvalue weighted by molar-refractivity contribution is 5.86. The number of H-pyrrole nitrogens is 2. The van der Waals surface area contributed by atoms with E-state index in [2.05, 4.69) is 42.1 Å². The van der Waals surface area contributed by atoms with Gasteiger partial charge >= 0.3 is 12.1 Å². The Balaban J connectivity index is 1.12. The van der Waals surface area contributed by atoms with Crippen LogP contribution in [-0.2, 0) is 19.3 Å². The predicted octanol–water partition coefficient (Wildman–Crippen LogP) is 6.13. The van der Waals surface area contributed by atoms with Crippen molar-refractivity contribution in [3.05, 3.63) is 71.4 Å². The zero-order valence-electron chi connectivity index (χ0n) is 32.2. The lowest BCUT2D eigenvalue weighted by Gasteiger charge is -2.29. The molecule has 2 aliphatic heterocycles. The number of hydrogen-bond acceptors (Lipinski definition) is 9. The number of nitrogens with zero attached hydrogens (tertiary/aromatic N) is 6. The van der Waals surface area contributed by atoms with Crippen molar-refractivity contribution in [2.75, 3.05) is 33.9 Å². The molecule has 2 aromatic heterocycles. The van der Waals surface area contributed by atoms with Crippen LogP contribution in [0.15, 0.2) is 53.8 Å². The number of aromatic amines is 2. The maximum absolute atomic E-state index is 13.6. The quantitative estimate of drug-likeness (QED) is 0.0540. The molecule has 4 aromatic rings. The van der Waals surface area contributed by atoms with E-state index in [4.69, 9.17) is 14.6 Å². The summed E-state index contributed by atoms with van der Waals surface area (Å²) in [4.78, 5) is 68.3. The summed E-state index contributed by atoms with van der Waals surface area (Å²) in [5.41, 5.74) is 5.11. The molecule has 2 fully saturated rings. The van der Waals surface area contributed by atoms with Crippen molar-refractivity contribution in [2.24, 2.45) is 16.9 Å². The molecule has 290 valence electrons. The fourth-order valence-electron chi connectivity index (χ4n) is 7.06. The number of aromatic nitrogens is 4. The molecular weight excluding hydrogens is 702 g/mol. The molecule has 2 saturated heterocycles. The van der Waals surface area contributed by atoms with E-state index in [1.165, 1.54) is 19.2 Å². The normalized spacial score (nSPS) is 17.5. The molecule has 6 rings (SSSR count). The third-order valence-electron chi connectivity index (χ3n) is 9.78. The van der Waals surface area contributed by atoms with Crippen LogP contribution < -0.4 is 5.32 Å². The molecule has 4 heterocycles. The lowest BCUT2D eigenvalue weighted by Crippen LogP contribution is -2.51. The second kappa shape index (κ2) is 17.5. The Morgan fingerprint density at radius 2 is 1.65 bits per heavy atom. The van der Waals surface area contributed by atoms with Gasteiger partial charge in [-0.05, 0) is 73.4 Å². The van der Waals surface area contributed by atoms with Gasteiger partial charge in [0.05, 0.1) is 49.2 Å². The van der Waals surface area contributed by atoms with E-state index in [9.17, 15) is 14.4 Å². The number of benzene rings is 2. The first-order valence-electron chi connectivity index (χ1n) is 18.7. The Morgan fingerprint density at radius 1 is 0.964 bits per heavy atom. The first-order chi connectivity index (χ1) is 26.6. The van der Waals surface area contributed by atoms with E-state index in [0.717, 1.165) is 71.3 Å². The largest absolute Gasteiger partial charge is 0.453 e. The van der Waals surface area contributed by atoms with Crippen LogP contribution in [0.3, 0.4) is 0 Å². The van der Waals surface area contributed by atoms with Crippen molar-refractivity contribution >= 4 is 35.5 Å². The fraction of sp³-hybridized carbons (Fsp3) is 0.450. The van der Waals surface area contributed by atoms with Gasteiger partial charge in [0.1, 0.15) is 17.7 Å². The average molecular weight is 752 g/mol. The minimum absolute atomic E-state index is 0.110. The number of rotatable bonds is 11. The number of nitrogens with one attached hydrogen (secondary N) is 3. The van der Waals surface area contributed by atoms with Gasteiger partial charge in [0, 0.05) is 30.8 Å². The highest BCUT2D eigenvalue weighted by Crippen LogP contribution is 2.34. The monoisotopic (exact) mass is 751 g/mol. The molecule has 15 nitrogen and oxygen atoms in total. The summed E-state index contributed by atoms with van der Waals surface area (Å²) in [6.45, 7) is 9.47. The summed E-state index contributed by atoms with van der Waals surface area (Å²) in [7, 11) is 2.66. The number of carbonyl (C=O) groups excluding carboxylic acids is 3. The Morgan fingerprint density at radius 3 is 2.35 bits per heavy atom. The van der Waals surface area contributed by atoms with Crippen molar-refractivity contribution in [2.45, 2.75) is 71.5 Å². The van der Waals surface area contributed by atoms with Crippen molar-refractivity contribution in [3.8, 4) is 23.1 Å². The minimum Gasteiger partial charge on any atom is -0.453 e. The number of fused-ring (bicyclic) bond motifs is 1. The van der Waals surface area contributed by atoms with Crippen LogP contribution in [0.1, 0.15) is 88.2 Å². The molecule has 2 aliphatic rings. The van der Waals surface area contributed by atoms with E-state index in [1.54, 1.807) is 16.0 Å². The number of hydrogen-bond donors (Lipinski definition) is 3. The number of alkyl carbamates (subject to hydrolysis) is 1. The van der Waals surface area contributed by atoms with Crippen LogP contribution >= 0.6 is 0 Å². The summed E-state index contributed by atoms with van der Waals surface area (Å²) in [5, 5.41) is 8.27. The Kier molecular flexibility index (Phi) is 12.4. The lowest BCUT2D eigenvalue weighted by molar-refractivity contribution is -0.188. The Bertz CT molecular complexity index is 2060. The van der Waals surface area contributed by atoms with Gasteiger partial charge in [-0.1, -0.05) is 51.7 Å². The highest BCUT2D eigenvalue weighted by atomic mass is 17.2. The number of carbonyl (C=O) groups is 3. The number of urea groups is 1. The van der Waals surface area contributed by atoms with Crippen LogP contribution in [0, 0.1) is 23.7 Å². The molecule has 2 aromatic carbocycles. The van der Waals surface area contributed by atoms with Crippen LogP contribution in [0.25, 0.3) is 22.3 Å². The van der Waals surface area contributed by atoms with E-state index < -0.39 is 12.1 Å². The predicted molar refractivity (Wildman–Crippen MR) is 206 cm³/mol. The molecule has 0 spiro atoms. The van der Waals surface area contributed by atoms with E-state index in [1.807, 2.05) is 70.2 Å². The molecule has 55 heavy (non-hydrogen) atoms. The lowest BCUT2D eigenvalue weighted by atomic mass is 10.0. The standard InChI is InChI=1S/C40H49N9O6/c1-25(2)23-49(42-24-55-54-6)40(52)48-20-8-9-33(48)36-41-22-32(45-36)29-16-13-27(14-17-29)11-12-28-15-18-30-31(21-28)44-37(43-30)34-10-7-19-47(34)38(50)35(26(3)4)46-39(51)53-5/h13-18,21-22,24-26,33-35H,7-10,19-20,23H2,1-6H3,(H,41,45)(H,43,44)(H,46,51)/t33-,34-,35-/m0/s1. The number of methoxy groups -OCH3 is 1. The van der Waals surface area contributed by atoms with Gasteiger partial charge in [-0.3, -0.25) is 4.79 Å². The average Bonchev–Trinajstić information content (AvgIpc) is 4.01. The summed E-state index contributed by atoms with van der Waals surface area (Å²) in [6, 6.07) is 12.4. The topological polar surface area (TPSA) is 170 Å². The van der Waals surface area contributed by atoms with E-state index >= 15 is 0 Å². The maximum Gasteiger partial charge on any atom is 0.407 e. The number of amides is 4. The van der Waals surface area contributed by atoms with Gasteiger partial charge in [-0.2, -0.15) is 4.89 Å². The number of hydrazone groups is 1. The highest BCUT2D eigenvalue weighted by Gasteiger charge is 2.38. The number of ether oxygens (including phenoxy) is 1. The molecule has 3 N–H and O–H groups in total. The van der Waals surface area contributed by atoms with E-state index in [-0.39, 0.29) is 35.9 Å². The molecule has 0 aliphatic carbocycles. The van der Waals surface area contributed by atoms with Gasteiger partial charge in [-0.25, -0.2) is 24.6 Å². The van der Waals surface area contributed by atoms with Gasteiger partial charge in [0.25, 0.3) is 0 Å². The Hall–Kier alpha value is -5.88. The molecule has 0 saturated carbocycles. The SMILES string of the molecule is COOC=NN(CC(C)C)C(=O)N1CCC[C@H]1c1ncc(-c2ccc(C#Cc3ccc4nc([C@@H]5CCCN5C(=O)[C@@H](NC(=O)OC)C(C)C)[nH]c4c3)cc2)[nH]1. The molecular formula is C40H49N9O6. The first-order valence-corrected chi connectivity index (χ1v) is 18.7. The maximum atomic E-state index is 13.6. The fourth-order valence-corrected chi connectivity index (χ4v) is 7.06. The zero-order chi connectivity index (χ0) is 39.1. The molecule has 0 bridgehead atoms. The molecule has 0 unspecified atom stereocenters. The Labute approximate surface area is 320 Å². The van der Waals surface area contributed by atoms with Gasteiger partial charge < -0.3 is 34.7 Å². The van der Waals surface area contributed by atoms with Crippen LogP contribution in [0.5, 0.6) is 0 Å². The summed E-state index contributed by atoms with van der Waals surface area (Å²) in [6.07, 6.45) is 5.55. The molecule has 0 radical (unpaired) electrons. The third kappa shape index (κ3) is 9.09. The van der Waals surface area contributed by atoms with Gasteiger partial charge in [0.2, 0.25) is 12.3 Å². The summed E-state index contributed by atoms with van der Waals surface area (Å²) in [5.74, 6) is 7.91. The number of imidazole rings is 2. The van der Waals surface area contributed by atoms with Crippen LogP contribution in [0.4, 0.5) is 9.59 Å². The van der Waals surface area contributed by atoms with Gasteiger partial charge in [-0.15, -0.1) is 5.10 Å². The third-order valence-corrected chi connectivity index (χ3v) is 9.78. The summed E-state index contributed by atoms with van der Waals surface area (Å²) < 4.78 is 4.75. The van der Waals surface area contributed by atoms with Crippen LogP contribution in [0.2, 0.25) is 0 Å². The molecule has 15 heteroatoms. The van der Waals surface area contributed by atoms with E-state index in [0.29, 0.717) is 25.5 Å². The van der Waals surface area contributed by atoms with Crippen molar-refractivity contribution < 1.29 is 28.9 Å². The van der Waals surface area contributed by atoms with Crippen molar-refractivity contribution in [3.63, 3.8) is 0 Å². The van der Waals surface area contributed by atoms with Crippen LogP contribution in [-0.4, -0.2) is 99.1 Å². The minimum atomic E-state index is -0.694. The second-order valence-corrected chi connectivity index (χ2v) is 14.5. The smallest absolute Gasteiger partial charge is 0.407 e. The van der Waals surface area contributed by atoms with Crippen molar-refractivity contribution in [1.29, 1.82) is 0 Å². The zero-order valence-corrected chi connectivity index (χ0v) is 32.2. The second-order valence-electron chi connectivity index (χ2n) is 14.5. The first kappa shape index (κ1) is 38.8. The van der Waals surface area contributed by atoms with Crippen molar-refractivity contribution in [1.82, 2.24) is 40.1 Å². The summed E-state index contributed by atoms with van der Waals surface area (Å²) >= 11 is 0. The molecule has 4 amide bonds. The number of likely N-dealkylation sites (tertiary alicyclic amines) is 2. The molecule has 3 atom stereocenters. The van der Waals surface area contributed by atoms with Gasteiger partial charge in [0.15, 0.2) is 0 Å².